The van der Waals surface area contributed by atoms with E-state index in [9.17, 15) is 24.3 Å². The molecule has 0 radical (unpaired) electrons. The molecule has 1 aromatic carbocycles. The van der Waals surface area contributed by atoms with Gasteiger partial charge in [-0.15, -0.1) is 5.10 Å². The molecule has 0 spiro atoms. The highest BCUT2D eigenvalue weighted by molar-refractivity contribution is 5.96. The summed E-state index contributed by atoms with van der Waals surface area (Å²) in [6.45, 7) is 15.9. The molecule has 5 aliphatic rings. The van der Waals surface area contributed by atoms with Gasteiger partial charge in [0.1, 0.15) is 53.8 Å². The number of fused-ring (bicyclic) bond motifs is 2. The Labute approximate surface area is 362 Å². The number of carboxylic acid groups (broad SMARTS) is 1. The smallest absolute Gasteiger partial charge is 0.408 e. The van der Waals surface area contributed by atoms with E-state index in [1.54, 1.807) is 10.7 Å². The molecule has 8 atom stereocenters. The number of pyridine rings is 1. The number of amides is 3. The predicted molar refractivity (Wildman–Crippen MR) is 229 cm³/mol. The van der Waals surface area contributed by atoms with Gasteiger partial charge in [0.2, 0.25) is 11.8 Å². The Morgan fingerprint density at radius 1 is 1.02 bits per heavy atom. The SMILES string of the molecule is CCC1C[C@]1(NC(=O)C1C[C@@H](Oc2cc(-n3ccc(NC(C)C)n3)nc3cc(OCCN4CCOCC4)ccc23)CN1C(=O)[C@@H](NC(=O)OC1C[C@@H]2C[C@@H]2C1)C(C)(C)C)C(=O)O. The van der Waals surface area contributed by atoms with Crippen molar-refractivity contribution in [2.75, 3.05) is 51.3 Å². The fourth-order valence-corrected chi connectivity index (χ4v) is 9.43. The lowest BCUT2D eigenvalue weighted by Crippen LogP contribution is -2.59. The summed E-state index contributed by atoms with van der Waals surface area (Å²) in [5.74, 6) is 1.07. The molecule has 5 fully saturated rings. The van der Waals surface area contributed by atoms with Crippen LogP contribution in [0.15, 0.2) is 36.5 Å². The molecule has 336 valence electrons. The first-order chi connectivity index (χ1) is 29.6. The highest BCUT2D eigenvalue weighted by Crippen LogP contribution is 2.52. The van der Waals surface area contributed by atoms with Crippen LogP contribution < -0.4 is 25.4 Å². The molecule has 3 amide bonds. The zero-order valence-electron chi connectivity index (χ0n) is 36.7. The van der Waals surface area contributed by atoms with Gasteiger partial charge in [0.25, 0.3) is 0 Å². The Hall–Kier alpha value is -5.16. The minimum atomic E-state index is -1.40. The molecular formula is C45H62N8O9. The third-order valence-electron chi connectivity index (χ3n) is 13.1. The molecule has 2 aliphatic heterocycles. The van der Waals surface area contributed by atoms with Crippen LogP contribution in [0, 0.1) is 23.2 Å². The fourth-order valence-electron chi connectivity index (χ4n) is 9.43. The molecule has 0 bridgehead atoms. The van der Waals surface area contributed by atoms with E-state index in [2.05, 4.69) is 20.9 Å². The number of aliphatic carboxylic acids is 1. The Morgan fingerprint density at radius 2 is 1.77 bits per heavy atom. The van der Waals surface area contributed by atoms with Crippen LogP contribution in [0.25, 0.3) is 16.7 Å². The number of anilines is 1. The molecule has 2 aromatic heterocycles. The lowest BCUT2D eigenvalue weighted by Gasteiger charge is -2.35. The topological polar surface area (TPSA) is 199 Å². The summed E-state index contributed by atoms with van der Waals surface area (Å²) < 4.78 is 25.9. The van der Waals surface area contributed by atoms with Gasteiger partial charge >= 0.3 is 12.1 Å². The van der Waals surface area contributed by atoms with Crippen molar-refractivity contribution in [3.8, 4) is 17.3 Å². The summed E-state index contributed by atoms with van der Waals surface area (Å²) >= 11 is 0. The number of benzene rings is 1. The summed E-state index contributed by atoms with van der Waals surface area (Å²) in [6, 6.07) is 7.28. The Bertz CT molecular complexity index is 2140. The van der Waals surface area contributed by atoms with Gasteiger partial charge in [-0.1, -0.05) is 34.1 Å². The number of carbonyl (C=O) groups excluding carboxylic acids is 3. The molecule has 3 aromatic rings. The second-order valence-electron chi connectivity index (χ2n) is 19.2. The van der Waals surface area contributed by atoms with Crippen molar-refractivity contribution in [2.45, 2.75) is 116 Å². The summed E-state index contributed by atoms with van der Waals surface area (Å²) in [6.07, 6.45) is 4.04. The minimum absolute atomic E-state index is 0.00436. The average Bonchev–Trinajstić information content (AvgIpc) is 3.89. The minimum Gasteiger partial charge on any atom is -0.492 e. The van der Waals surface area contributed by atoms with Crippen LogP contribution in [0.2, 0.25) is 0 Å². The highest BCUT2D eigenvalue weighted by Gasteiger charge is 2.61. The van der Waals surface area contributed by atoms with Crippen molar-refractivity contribution in [3.05, 3.63) is 36.5 Å². The van der Waals surface area contributed by atoms with Crippen LogP contribution in [-0.2, 0) is 23.9 Å². The Kier molecular flexibility index (Phi) is 12.3. The van der Waals surface area contributed by atoms with E-state index in [0.29, 0.717) is 78.5 Å². The van der Waals surface area contributed by atoms with E-state index in [4.69, 9.17) is 29.0 Å². The van der Waals surface area contributed by atoms with Crippen LogP contribution in [-0.4, -0.2) is 135 Å². The largest absolute Gasteiger partial charge is 0.492 e. The molecule has 8 rings (SSSR count). The predicted octanol–water partition coefficient (Wildman–Crippen LogP) is 4.61. The molecule has 62 heavy (non-hydrogen) atoms. The molecule has 3 saturated carbocycles. The third kappa shape index (κ3) is 9.58. The van der Waals surface area contributed by atoms with Crippen molar-refractivity contribution in [1.29, 1.82) is 0 Å². The van der Waals surface area contributed by atoms with Gasteiger partial charge in [-0.05, 0) is 74.8 Å². The monoisotopic (exact) mass is 858 g/mol. The zero-order valence-corrected chi connectivity index (χ0v) is 36.7. The van der Waals surface area contributed by atoms with Crippen LogP contribution >= 0.6 is 0 Å². The number of carbonyl (C=O) groups is 4. The first kappa shape index (κ1) is 43.5. The number of hydrogen-bond donors (Lipinski definition) is 4. The van der Waals surface area contributed by atoms with Gasteiger partial charge in [0, 0.05) is 61.9 Å². The van der Waals surface area contributed by atoms with Crippen LogP contribution in [0.4, 0.5) is 10.6 Å². The van der Waals surface area contributed by atoms with Gasteiger partial charge < -0.3 is 44.9 Å². The molecule has 4 heterocycles. The van der Waals surface area contributed by atoms with Gasteiger partial charge in [-0.25, -0.2) is 19.3 Å². The van der Waals surface area contributed by atoms with Crippen molar-refractivity contribution in [3.63, 3.8) is 0 Å². The van der Waals surface area contributed by atoms with Crippen molar-refractivity contribution >= 4 is 40.6 Å². The number of ether oxygens (including phenoxy) is 4. The number of aromatic nitrogens is 3. The molecular weight excluding hydrogens is 797 g/mol. The first-order valence-electron chi connectivity index (χ1n) is 22.3. The fraction of sp³-hybridized carbons (Fsp3) is 0.644. The second kappa shape index (κ2) is 17.5. The first-order valence-corrected chi connectivity index (χ1v) is 22.3. The van der Waals surface area contributed by atoms with Crippen LogP contribution in [0.5, 0.6) is 11.5 Å². The number of alkyl carbamates (subject to hydrolysis) is 1. The summed E-state index contributed by atoms with van der Waals surface area (Å²) in [5.41, 5.74) is -1.59. The second-order valence-corrected chi connectivity index (χ2v) is 19.2. The van der Waals surface area contributed by atoms with E-state index >= 15 is 0 Å². The summed E-state index contributed by atoms with van der Waals surface area (Å²) in [4.78, 5) is 63.6. The van der Waals surface area contributed by atoms with Gasteiger partial charge in [-0.2, -0.15) is 0 Å². The maximum Gasteiger partial charge on any atom is 0.408 e. The van der Waals surface area contributed by atoms with E-state index in [0.717, 1.165) is 32.5 Å². The van der Waals surface area contributed by atoms with Crippen LogP contribution in [0.3, 0.4) is 0 Å². The molecule has 17 heteroatoms. The number of carboxylic acids is 1. The maximum absolute atomic E-state index is 14.8. The zero-order chi connectivity index (χ0) is 43.9. The number of rotatable bonds is 16. The Morgan fingerprint density at radius 3 is 2.45 bits per heavy atom. The van der Waals surface area contributed by atoms with E-state index in [1.807, 2.05) is 72.0 Å². The van der Waals surface area contributed by atoms with Gasteiger partial charge in [0.15, 0.2) is 5.82 Å². The number of nitrogens with zero attached hydrogens (tertiary/aromatic N) is 5. The normalized spacial score (nSPS) is 27.4. The standard InChI is InChI=1S/C45H62N8O9/c1-7-29-24-45(29,42(56)57)49-40(54)35-22-32(25-52(35)41(55)39(44(4,5)6)48-43(58)62-31-19-27-18-28(27)20-31)61-36-23-38(53-11-10-37(50-53)46-26(2)3)47-34-21-30(8-9-33(34)36)60-17-14-51-12-15-59-16-13-51/h8-11,21,23,26-29,31-32,35,39H,7,12-20,22,24-25H2,1-6H3,(H,46,50)(H,48,58)(H,49,54)(H,56,57)/t27-,28+,29?,31?,32-,35?,39-,45-/m1/s1. The summed E-state index contributed by atoms with van der Waals surface area (Å²) in [7, 11) is 0. The van der Waals surface area contributed by atoms with E-state index in [1.165, 1.54) is 11.3 Å². The average molecular weight is 859 g/mol. The van der Waals surface area contributed by atoms with Crippen molar-refractivity contribution < 1.29 is 43.2 Å². The van der Waals surface area contributed by atoms with Crippen molar-refractivity contribution in [2.24, 2.45) is 23.2 Å². The lowest BCUT2D eigenvalue weighted by molar-refractivity contribution is -0.146. The van der Waals surface area contributed by atoms with Gasteiger partial charge in [0.05, 0.1) is 25.3 Å². The molecule has 3 aliphatic carbocycles. The number of nitrogens with one attached hydrogen (secondary N) is 3. The lowest BCUT2D eigenvalue weighted by atomic mass is 9.85. The van der Waals surface area contributed by atoms with Crippen molar-refractivity contribution in [1.82, 2.24) is 35.2 Å². The molecule has 2 saturated heterocycles. The molecule has 17 nitrogen and oxygen atoms in total. The van der Waals surface area contributed by atoms with Gasteiger partial charge in [-0.3, -0.25) is 14.5 Å². The summed E-state index contributed by atoms with van der Waals surface area (Å²) in [5, 5.41) is 24.6. The number of morpholine rings is 1. The number of likely N-dealkylation sites (tertiary alicyclic amines) is 1. The van der Waals surface area contributed by atoms with E-state index in [-0.39, 0.29) is 31.0 Å². The number of hydrogen-bond acceptors (Lipinski definition) is 12. The molecule has 4 N–H and O–H groups in total. The third-order valence-corrected chi connectivity index (χ3v) is 13.1. The Balaban J connectivity index is 1.07. The maximum atomic E-state index is 14.8. The quantitative estimate of drug-likeness (QED) is 0.156. The van der Waals surface area contributed by atoms with Crippen LogP contribution in [0.1, 0.15) is 80.1 Å². The molecule has 3 unspecified atom stereocenters. The van der Waals surface area contributed by atoms with E-state index < -0.39 is 53.0 Å². The highest BCUT2D eigenvalue weighted by atomic mass is 16.6.